The van der Waals surface area contributed by atoms with Crippen LogP contribution in [-0.2, 0) is 36.0 Å². The van der Waals surface area contributed by atoms with Crippen LogP contribution in [0, 0.1) is 11.3 Å². The first-order valence-electron chi connectivity index (χ1n) is 10.0. The molecule has 1 unspecified atom stereocenters. The standard InChI is InChI=1S/C22H21N5O4S/c1-27-15(6-8-25-27)12-24-22(29)31-16-3-4-17-18(11-23)21(32-19(17)10-16)26-20(28)5-2-14-7-9-30-13-14/h2,5-9,13,16H,3-4,10,12H2,1H3,(H,24,29)(H,26,28). The summed E-state index contributed by atoms with van der Waals surface area (Å²) < 4.78 is 12.2. The Morgan fingerprint density at radius 2 is 2.34 bits per heavy atom. The molecule has 3 aromatic rings. The maximum Gasteiger partial charge on any atom is 0.407 e. The zero-order chi connectivity index (χ0) is 22.5. The van der Waals surface area contributed by atoms with Crippen LogP contribution in [-0.4, -0.2) is 27.9 Å². The van der Waals surface area contributed by atoms with Gasteiger partial charge in [-0.2, -0.15) is 10.4 Å². The Morgan fingerprint density at radius 3 is 3.06 bits per heavy atom. The van der Waals surface area contributed by atoms with Crippen LogP contribution in [0.1, 0.15) is 33.7 Å². The molecule has 0 bridgehead atoms. The number of alkyl carbamates (subject to hydrolysis) is 1. The summed E-state index contributed by atoms with van der Waals surface area (Å²) in [5.41, 5.74) is 3.04. The predicted molar refractivity (Wildman–Crippen MR) is 118 cm³/mol. The van der Waals surface area contributed by atoms with Crippen LogP contribution in [0.4, 0.5) is 9.80 Å². The summed E-state index contributed by atoms with van der Waals surface area (Å²) in [5, 5.41) is 19.7. The van der Waals surface area contributed by atoms with Crippen LogP contribution in [0.15, 0.2) is 41.3 Å². The van der Waals surface area contributed by atoms with Crippen LogP contribution in [0.25, 0.3) is 6.08 Å². The fraction of sp³-hybridized carbons (Fsp3) is 0.273. The molecule has 164 valence electrons. The average molecular weight is 452 g/mol. The van der Waals surface area contributed by atoms with Gasteiger partial charge in [0.1, 0.15) is 17.2 Å². The van der Waals surface area contributed by atoms with E-state index in [1.807, 2.05) is 6.07 Å². The first-order chi connectivity index (χ1) is 15.5. The molecule has 2 amide bonds. The van der Waals surface area contributed by atoms with Crippen LogP contribution < -0.4 is 10.6 Å². The van der Waals surface area contributed by atoms with Crippen molar-refractivity contribution >= 4 is 34.4 Å². The van der Waals surface area contributed by atoms with Crippen LogP contribution in [0.3, 0.4) is 0 Å². The third-order valence-electron chi connectivity index (χ3n) is 5.15. The number of nitriles is 1. The van der Waals surface area contributed by atoms with Gasteiger partial charge in [0.15, 0.2) is 0 Å². The SMILES string of the molecule is Cn1nccc1CNC(=O)OC1CCc2c(sc(NC(=O)C=Cc3ccoc3)c2C#N)C1. The van der Waals surface area contributed by atoms with E-state index in [0.29, 0.717) is 36.4 Å². The molecule has 1 atom stereocenters. The van der Waals surface area contributed by atoms with E-state index < -0.39 is 6.09 Å². The van der Waals surface area contributed by atoms with Gasteiger partial charge in [0.25, 0.3) is 0 Å². The van der Waals surface area contributed by atoms with Crippen LogP contribution >= 0.6 is 11.3 Å². The molecule has 2 N–H and O–H groups in total. The lowest BCUT2D eigenvalue weighted by molar-refractivity contribution is -0.111. The van der Waals surface area contributed by atoms with E-state index in [1.165, 1.54) is 29.9 Å². The van der Waals surface area contributed by atoms with Gasteiger partial charge in [0.2, 0.25) is 5.91 Å². The van der Waals surface area contributed by atoms with E-state index in [1.54, 1.807) is 30.1 Å². The number of fused-ring (bicyclic) bond motifs is 1. The molecule has 0 aromatic carbocycles. The Hall–Kier alpha value is -3.84. The zero-order valence-corrected chi connectivity index (χ0v) is 18.1. The Morgan fingerprint density at radius 1 is 1.47 bits per heavy atom. The summed E-state index contributed by atoms with van der Waals surface area (Å²) in [6.45, 7) is 0.327. The molecule has 0 spiro atoms. The average Bonchev–Trinajstić information content (AvgIpc) is 3.50. The summed E-state index contributed by atoms with van der Waals surface area (Å²) in [6.07, 6.45) is 8.69. The number of thiophene rings is 1. The number of aromatic nitrogens is 2. The first kappa shape index (κ1) is 21.4. The number of hydrogen-bond acceptors (Lipinski definition) is 7. The molecule has 9 nitrogen and oxygen atoms in total. The molecule has 1 aliphatic rings. The fourth-order valence-corrected chi connectivity index (χ4v) is 4.75. The number of carbonyl (C=O) groups excluding carboxylic acids is 2. The minimum absolute atomic E-state index is 0.288. The van der Waals surface area contributed by atoms with Gasteiger partial charge in [-0.25, -0.2) is 4.79 Å². The Balaban J connectivity index is 1.36. The fourth-order valence-electron chi connectivity index (χ4n) is 3.49. The van der Waals surface area contributed by atoms with Gasteiger partial charge >= 0.3 is 6.09 Å². The molecule has 0 saturated heterocycles. The summed E-state index contributed by atoms with van der Waals surface area (Å²) in [4.78, 5) is 25.4. The van der Waals surface area contributed by atoms with Crippen LogP contribution in [0.2, 0.25) is 0 Å². The summed E-state index contributed by atoms with van der Waals surface area (Å²) in [7, 11) is 1.80. The summed E-state index contributed by atoms with van der Waals surface area (Å²) in [5.74, 6) is -0.330. The van der Waals surface area contributed by atoms with Crippen molar-refractivity contribution in [2.24, 2.45) is 7.05 Å². The Kier molecular flexibility index (Phi) is 6.37. The van der Waals surface area contributed by atoms with Gasteiger partial charge in [-0.3, -0.25) is 9.48 Å². The zero-order valence-electron chi connectivity index (χ0n) is 17.3. The Bertz CT molecular complexity index is 1190. The number of furan rings is 1. The largest absolute Gasteiger partial charge is 0.472 e. The maximum absolute atomic E-state index is 12.3. The number of aryl methyl sites for hydroxylation is 1. The van der Waals surface area contributed by atoms with Crippen molar-refractivity contribution in [1.29, 1.82) is 5.26 Å². The quantitative estimate of drug-likeness (QED) is 0.554. The van der Waals surface area contributed by atoms with E-state index >= 15 is 0 Å². The van der Waals surface area contributed by atoms with Gasteiger partial charge in [-0.05, 0) is 36.6 Å². The van der Waals surface area contributed by atoms with E-state index in [0.717, 1.165) is 21.7 Å². The van der Waals surface area contributed by atoms with Crippen molar-refractivity contribution in [2.45, 2.75) is 31.9 Å². The smallest absolute Gasteiger partial charge is 0.407 e. The number of nitrogens with one attached hydrogen (secondary N) is 2. The van der Waals surface area contributed by atoms with Crippen molar-refractivity contribution < 1.29 is 18.7 Å². The molecule has 10 heteroatoms. The van der Waals surface area contributed by atoms with E-state index in [9.17, 15) is 14.9 Å². The number of nitrogens with zero attached hydrogens (tertiary/aromatic N) is 3. The summed E-state index contributed by atoms with van der Waals surface area (Å²) >= 11 is 1.35. The highest BCUT2D eigenvalue weighted by Gasteiger charge is 2.28. The first-order valence-corrected chi connectivity index (χ1v) is 10.8. The highest BCUT2D eigenvalue weighted by Crippen LogP contribution is 2.38. The van der Waals surface area contributed by atoms with Crippen LogP contribution in [0.5, 0.6) is 0 Å². The molecular weight excluding hydrogens is 430 g/mol. The molecular formula is C22H21N5O4S. The van der Waals surface area contributed by atoms with Crippen molar-refractivity contribution in [3.05, 3.63) is 64.2 Å². The number of amides is 2. The van der Waals surface area contributed by atoms with E-state index in [4.69, 9.17) is 9.15 Å². The molecule has 0 fully saturated rings. The highest BCUT2D eigenvalue weighted by molar-refractivity contribution is 7.16. The topological polar surface area (TPSA) is 122 Å². The predicted octanol–water partition coefficient (Wildman–Crippen LogP) is 3.38. The number of rotatable bonds is 6. The van der Waals surface area contributed by atoms with E-state index in [-0.39, 0.29) is 12.0 Å². The van der Waals surface area contributed by atoms with Gasteiger partial charge in [0, 0.05) is 36.2 Å². The minimum Gasteiger partial charge on any atom is -0.472 e. The van der Waals surface area contributed by atoms with Crippen molar-refractivity contribution in [3.63, 3.8) is 0 Å². The number of hydrogen-bond donors (Lipinski definition) is 2. The second-order valence-electron chi connectivity index (χ2n) is 7.27. The van der Waals surface area contributed by atoms with Crippen molar-refractivity contribution in [2.75, 3.05) is 5.32 Å². The van der Waals surface area contributed by atoms with Gasteiger partial charge in [-0.15, -0.1) is 11.3 Å². The third kappa shape index (κ3) is 4.90. The lowest BCUT2D eigenvalue weighted by atomic mass is 9.94. The third-order valence-corrected chi connectivity index (χ3v) is 6.32. The second-order valence-corrected chi connectivity index (χ2v) is 8.37. The normalized spacial score (nSPS) is 15.2. The lowest BCUT2D eigenvalue weighted by Crippen LogP contribution is -2.32. The lowest BCUT2D eigenvalue weighted by Gasteiger charge is -2.22. The molecule has 4 rings (SSSR count). The highest BCUT2D eigenvalue weighted by atomic mass is 32.1. The minimum atomic E-state index is -0.491. The maximum atomic E-state index is 12.3. The molecule has 0 aliphatic heterocycles. The Labute approximate surface area is 188 Å². The monoisotopic (exact) mass is 451 g/mol. The molecule has 0 saturated carbocycles. The molecule has 32 heavy (non-hydrogen) atoms. The number of carbonyl (C=O) groups is 2. The van der Waals surface area contributed by atoms with Gasteiger partial charge < -0.3 is 19.8 Å². The molecule has 1 aliphatic carbocycles. The second kappa shape index (κ2) is 9.53. The molecule has 3 aromatic heterocycles. The van der Waals surface area contributed by atoms with E-state index in [2.05, 4.69) is 21.8 Å². The number of anilines is 1. The molecule has 0 radical (unpaired) electrons. The van der Waals surface area contributed by atoms with Gasteiger partial charge in [-0.1, -0.05) is 0 Å². The molecule has 3 heterocycles. The number of ether oxygens (including phenoxy) is 1. The van der Waals surface area contributed by atoms with Crippen molar-refractivity contribution in [1.82, 2.24) is 15.1 Å². The van der Waals surface area contributed by atoms with Gasteiger partial charge in [0.05, 0.1) is 30.3 Å². The summed E-state index contributed by atoms with van der Waals surface area (Å²) in [6, 6.07) is 5.76. The van der Waals surface area contributed by atoms with Crippen molar-refractivity contribution in [3.8, 4) is 6.07 Å².